The highest BCUT2D eigenvalue weighted by molar-refractivity contribution is 5.31. The number of nitrogens with zero attached hydrogens (tertiary/aromatic N) is 1. The summed E-state index contributed by atoms with van der Waals surface area (Å²) in [5.74, 6) is 1.48. The SMILES string of the molecule is CCCNCc1cccc(Oc2ccc(CCC)cc2)n1. The third kappa shape index (κ3) is 5.20. The van der Waals surface area contributed by atoms with Crippen molar-refractivity contribution in [1.82, 2.24) is 10.3 Å². The van der Waals surface area contributed by atoms with Gasteiger partial charge in [-0.3, -0.25) is 0 Å². The lowest BCUT2D eigenvalue weighted by atomic mass is 10.1. The number of pyridine rings is 1. The van der Waals surface area contributed by atoms with Gasteiger partial charge in [-0.2, -0.15) is 0 Å². The summed E-state index contributed by atoms with van der Waals surface area (Å²) in [6.45, 7) is 6.13. The van der Waals surface area contributed by atoms with E-state index in [1.165, 1.54) is 5.56 Å². The summed E-state index contributed by atoms with van der Waals surface area (Å²) >= 11 is 0. The van der Waals surface area contributed by atoms with Crippen LogP contribution < -0.4 is 10.1 Å². The van der Waals surface area contributed by atoms with Gasteiger partial charge in [0.1, 0.15) is 5.75 Å². The van der Waals surface area contributed by atoms with Crippen LogP contribution in [0.4, 0.5) is 0 Å². The van der Waals surface area contributed by atoms with Crippen LogP contribution in [0.25, 0.3) is 0 Å². The summed E-state index contributed by atoms with van der Waals surface area (Å²) in [6.07, 6.45) is 3.39. The Kier molecular flexibility index (Phi) is 6.22. The number of aromatic nitrogens is 1. The van der Waals surface area contributed by atoms with Gasteiger partial charge in [0.2, 0.25) is 5.88 Å². The molecule has 0 aliphatic heterocycles. The van der Waals surface area contributed by atoms with Crippen LogP contribution in [-0.2, 0) is 13.0 Å². The normalized spacial score (nSPS) is 10.6. The molecule has 0 aliphatic carbocycles. The van der Waals surface area contributed by atoms with Gasteiger partial charge in [-0.05, 0) is 43.1 Å². The van der Waals surface area contributed by atoms with Gasteiger partial charge in [-0.15, -0.1) is 0 Å². The van der Waals surface area contributed by atoms with Gasteiger partial charge in [-0.1, -0.05) is 38.5 Å². The number of benzene rings is 1. The van der Waals surface area contributed by atoms with E-state index >= 15 is 0 Å². The van der Waals surface area contributed by atoms with Crippen LogP contribution >= 0.6 is 0 Å². The van der Waals surface area contributed by atoms with Crippen molar-refractivity contribution in [1.29, 1.82) is 0 Å². The van der Waals surface area contributed by atoms with Crippen LogP contribution in [-0.4, -0.2) is 11.5 Å². The van der Waals surface area contributed by atoms with Crippen molar-refractivity contribution in [2.24, 2.45) is 0 Å². The fraction of sp³-hybridized carbons (Fsp3) is 0.389. The number of rotatable bonds is 8. The van der Waals surface area contributed by atoms with Crippen molar-refractivity contribution in [2.75, 3.05) is 6.54 Å². The van der Waals surface area contributed by atoms with E-state index in [4.69, 9.17) is 4.74 Å². The summed E-state index contributed by atoms with van der Waals surface area (Å²) < 4.78 is 5.82. The van der Waals surface area contributed by atoms with Crippen molar-refractivity contribution in [3.8, 4) is 11.6 Å². The molecule has 1 aromatic heterocycles. The zero-order valence-electron chi connectivity index (χ0n) is 12.9. The van der Waals surface area contributed by atoms with Gasteiger partial charge in [0.05, 0.1) is 5.69 Å². The Bertz CT molecular complexity index is 537. The predicted octanol–water partition coefficient (Wildman–Crippen LogP) is 4.33. The Morgan fingerprint density at radius 3 is 2.52 bits per heavy atom. The lowest BCUT2D eigenvalue weighted by molar-refractivity contribution is 0.459. The molecule has 0 saturated heterocycles. The van der Waals surface area contributed by atoms with Crippen LogP contribution in [0.2, 0.25) is 0 Å². The molecule has 21 heavy (non-hydrogen) atoms. The fourth-order valence-corrected chi connectivity index (χ4v) is 2.14. The monoisotopic (exact) mass is 284 g/mol. The van der Waals surface area contributed by atoms with Gasteiger partial charge in [0.15, 0.2) is 0 Å². The van der Waals surface area contributed by atoms with Gasteiger partial charge in [-0.25, -0.2) is 4.98 Å². The number of hydrogen-bond donors (Lipinski definition) is 1. The van der Waals surface area contributed by atoms with Crippen molar-refractivity contribution >= 4 is 0 Å². The van der Waals surface area contributed by atoms with Crippen molar-refractivity contribution < 1.29 is 4.74 Å². The Morgan fingerprint density at radius 1 is 1.00 bits per heavy atom. The van der Waals surface area contributed by atoms with E-state index in [-0.39, 0.29) is 0 Å². The maximum atomic E-state index is 5.82. The molecule has 0 atom stereocenters. The highest BCUT2D eigenvalue weighted by atomic mass is 16.5. The molecule has 0 unspecified atom stereocenters. The Morgan fingerprint density at radius 2 is 1.81 bits per heavy atom. The zero-order valence-corrected chi connectivity index (χ0v) is 12.9. The Hall–Kier alpha value is -1.87. The topological polar surface area (TPSA) is 34.1 Å². The fourth-order valence-electron chi connectivity index (χ4n) is 2.14. The first-order chi connectivity index (χ1) is 10.3. The molecule has 1 N–H and O–H groups in total. The standard InChI is InChI=1S/C18H24N2O/c1-3-6-15-9-11-17(12-10-15)21-18-8-5-7-16(20-18)14-19-13-4-2/h5,7-12,19H,3-4,6,13-14H2,1-2H3. The molecule has 2 aromatic rings. The molecule has 2 rings (SSSR count). The summed E-state index contributed by atoms with van der Waals surface area (Å²) in [5, 5.41) is 3.35. The average Bonchev–Trinajstić information content (AvgIpc) is 2.50. The maximum absolute atomic E-state index is 5.82. The maximum Gasteiger partial charge on any atom is 0.219 e. The molecule has 0 aliphatic rings. The van der Waals surface area contributed by atoms with Gasteiger partial charge in [0, 0.05) is 12.6 Å². The molecule has 0 saturated carbocycles. The summed E-state index contributed by atoms with van der Waals surface area (Å²) in [5.41, 5.74) is 2.35. The van der Waals surface area contributed by atoms with E-state index in [2.05, 4.69) is 36.3 Å². The van der Waals surface area contributed by atoms with Crippen molar-refractivity contribution in [3.63, 3.8) is 0 Å². The molecular formula is C18H24N2O. The highest BCUT2D eigenvalue weighted by Crippen LogP contribution is 2.20. The minimum Gasteiger partial charge on any atom is -0.439 e. The molecule has 1 heterocycles. The second-order valence-corrected chi connectivity index (χ2v) is 5.14. The summed E-state index contributed by atoms with van der Waals surface area (Å²) in [4.78, 5) is 4.51. The largest absolute Gasteiger partial charge is 0.439 e. The van der Waals surface area contributed by atoms with E-state index in [1.54, 1.807) is 0 Å². The third-order valence-electron chi connectivity index (χ3n) is 3.20. The quantitative estimate of drug-likeness (QED) is 0.733. The minimum absolute atomic E-state index is 0.647. The van der Waals surface area contributed by atoms with Crippen LogP contribution in [0.3, 0.4) is 0 Å². The number of nitrogens with one attached hydrogen (secondary N) is 1. The summed E-state index contributed by atoms with van der Waals surface area (Å²) in [6, 6.07) is 14.1. The van der Waals surface area contributed by atoms with E-state index in [1.807, 2.05) is 30.3 Å². The first-order valence-electron chi connectivity index (χ1n) is 7.75. The zero-order chi connectivity index (χ0) is 14.9. The molecule has 0 fully saturated rings. The molecule has 0 spiro atoms. The van der Waals surface area contributed by atoms with Crippen molar-refractivity contribution in [2.45, 2.75) is 39.7 Å². The van der Waals surface area contributed by atoms with Gasteiger partial charge in [0.25, 0.3) is 0 Å². The molecular weight excluding hydrogens is 260 g/mol. The molecule has 112 valence electrons. The van der Waals surface area contributed by atoms with E-state index < -0.39 is 0 Å². The summed E-state index contributed by atoms with van der Waals surface area (Å²) in [7, 11) is 0. The molecule has 0 radical (unpaired) electrons. The smallest absolute Gasteiger partial charge is 0.219 e. The molecule has 3 nitrogen and oxygen atoms in total. The van der Waals surface area contributed by atoms with Gasteiger partial charge >= 0.3 is 0 Å². The average molecular weight is 284 g/mol. The van der Waals surface area contributed by atoms with Gasteiger partial charge < -0.3 is 10.1 Å². The van der Waals surface area contributed by atoms with E-state index in [9.17, 15) is 0 Å². The molecule has 0 bridgehead atoms. The Labute approximate surface area is 127 Å². The van der Waals surface area contributed by atoms with Crippen LogP contribution in [0.5, 0.6) is 11.6 Å². The number of hydrogen-bond acceptors (Lipinski definition) is 3. The lowest BCUT2D eigenvalue weighted by Crippen LogP contribution is -2.14. The second kappa shape index (κ2) is 8.42. The Balaban J connectivity index is 1.96. The van der Waals surface area contributed by atoms with Crippen LogP contribution in [0.15, 0.2) is 42.5 Å². The van der Waals surface area contributed by atoms with E-state index in [0.29, 0.717) is 5.88 Å². The third-order valence-corrected chi connectivity index (χ3v) is 3.20. The minimum atomic E-state index is 0.647. The number of ether oxygens (including phenoxy) is 1. The van der Waals surface area contributed by atoms with Crippen molar-refractivity contribution in [3.05, 3.63) is 53.7 Å². The molecule has 0 amide bonds. The second-order valence-electron chi connectivity index (χ2n) is 5.14. The lowest BCUT2D eigenvalue weighted by Gasteiger charge is -2.08. The van der Waals surface area contributed by atoms with Crippen LogP contribution in [0, 0.1) is 0 Å². The first-order valence-corrected chi connectivity index (χ1v) is 7.75. The molecule has 3 heteroatoms. The predicted molar refractivity (Wildman–Crippen MR) is 86.7 cm³/mol. The first kappa shape index (κ1) is 15.5. The number of aryl methyl sites for hydroxylation is 1. The highest BCUT2D eigenvalue weighted by Gasteiger charge is 2.01. The van der Waals surface area contributed by atoms with E-state index in [0.717, 1.165) is 43.8 Å². The van der Waals surface area contributed by atoms with Crippen LogP contribution in [0.1, 0.15) is 37.9 Å². The molecule has 1 aromatic carbocycles.